The molecule has 0 atom stereocenters. The van der Waals surface area contributed by atoms with Crippen molar-refractivity contribution in [3.8, 4) is 0 Å². The monoisotopic (exact) mass is 378 g/mol. The van der Waals surface area contributed by atoms with Crippen molar-refractivity contribution in [3.63, 3.8) is 0 Å². The molecule has 8 nitrogen and oxygen atoms in total. The first kappa shape index (κ1) is 18.0. The molecular formula is C20H22N6O2. The minimum Gasteiger partial charge on any atom is -0.351 e. The van der Waals surface area contributed by atoms with Gasteiger partial charge in [0.15, 0.2) is 0 Å². The molecule has 0 saturated carbocycles. The molecule has 144 valence electrons. The first-order valence-corrected chi connectivity index (χ1v) is 9.15. The second-order valence-electron chi connectivity index (χ2n) is 7.11. The van der Waals surface area contributed by atoms with E-state index in [1.165, 1.54) is 11.0 Å². The average molecular weight is 378 g/mol. The fourth-order valence-electron chi connectivity index (χ4n) is 3.40. The summed E-state index contributed by atoms with van der Waals surface area (Å²) in [6, 6.07) is 7.95. The first-order valence-electron chi connectivity index (χ1n) is 9.15. The minimum atomic E-state index is -0.0560. The van der Waals surface area contributed by atoms with Crippen LogP contribution in [0.2, 0.25) is 0 Å². The second kappa shape index (κ2) is 7.30. The highest BCUT2D eigenvalue weighted by Gasteiger charge is 2.20. The lowest BCUT2D eigenvalue weighted by Crippen LogP contribution is -2.37. The molecule has 1 aliphatic heterocycles. The third-order valence-corrected chi connectivity index (χ3v) is 4.90. The second-order valence-corrected chi connectivity index (χ2v) is 7.11. The average Bonchev–Trinajstić information content (AvgIpc) is 3.36. The summed E-state index contributed by atoms with van der Waals surface area (Å²) in [6.45, 7) is 1.45. The number of aromatic nitrogens is 4. The summed E-state index contributed by atoms with van der Waals surface area (Å²) in [6.07, 6.45) is 5.96. The van der Waals surface area contributed by atoms with E-state index in [-0.39, 0.29) is 18.4 Å². The molecule has 3 heterocycles. The number of nitrogens with one attached hydrogen (secondary N) is 1. The largest absolute Gasteiger partial charge is 0.351 e. The molecule has 8 heteroatoms. The maximum absolute atomic E-state index is 12.6. The molecule has 0 bridgehead atoms. The van der Waals surface area contributed by atoms with Crippen LogP contribution >= 0.6 is 0 Å². The van der Waals surface area contributed by atoms with Gasteiger partial charge in [-0.2, -0.15) is 5.10 Å². The Morgan fingerprint density at radius 2 is 2.11 bits per heavy atom. The molecule has 2 amide bonds. The van der Waals surface area contributed by atoms with E-state index in [0.29, 0.717) is 18.8 Å². The smallest absolute Gasteiger partial charge is 0.269 e. The molecule has 0 aliphatic carbocycles. The van der Waals surface area contributed by atoms with Gasteiger partial charge in [0, 0.05) is 38.1 Å². The van der Waals surface area contributed by atoms with Crippen molar-refractivity contribution in [2.75, 3.05) is 27.2 Å². The number of H-pyrrole nitrogens is 1. The Morgan fingerprint density at radius 3 is 2.86 bits per heavy atom. The molecule has 0 unspecified atom stereocenters. The van der Waals surface area contributed by atoms with Crippen LogP contribution in [0.5, 0.6) is 0 Å². The Bertz CT molecular complexity index is 1050. The molecule has 0 saturated heterocycles. The van der Waals surface area contributed by atoms with E-state index in [0.717, 1.165) is 28.5 Å². The number of aromatic amines is 1. The summed E-state index contributed by atoms with van der Waals surface area (Å²) in [5.74, 6) is -0.0320. The lowest BCUT2D eigenvalue weighted by Gasteiger charge is -2.27. The topological polar surface area (TPSA) is 87.1 Å². The number of carbonyl (C=O) groups is 2. The number of hydrogen-bond donors (Lipinski definition) is 1. The first-order chi connectivity index (χ1) is 13.5. The third kappa shape index (κ3) is 3.53. The van der Waals surface area contributed by atoms with Gasteiger partial charge in [0.2, 0.25) is 5.91 Å². The maximum atomic E-state index is 12.6. The summed E-state index contributed by atoms with van der Waals surface area (Å²) in [7, 11) is 3.47. The predicted molar refractivity (Wildman–Crippen MR) is 106 cm³/mol. The van der Waals surface area contributed by atoms with E-state index in [1.54, 1.807) is 25.3 Å². The van der Waals surface area contributed by atoms with Crippen molar-refractivity contribution >= 4 is 28.3 Å². The van der Waals surface area contributed by atoms with Gasteiger partial charge in [-0.1, -0.05) is 18.2 Å². The van der Waals surface area contributed by atoms with Crippen LogP contribution in [0.1, 0.15) is 22.5 Å². The van der Waals surface area contributed by atoms with Crippen LogP contribution in [0, 0.1) is 0 Å². The minimum absolute atomic E-state index is 0.0240. The molecule has 4 rings (SSSR count). The summed E-state index contributed by atoms with van der Waals surface area (Å²) in [5, 5.41) is 4.99. The Kier molecular flexibility index (Phi) is 4.68. The van der Waals surface area contributed by atoms with Crippen molar-refractivity contribution in [3.05, 3.63) is 54.3 Å². The predicted octanol–water partition coefficient (Wildman–Crippen LogP) is 1.78. The van der Waals surface area contributed by atoms with Gasteiger partial charge in [0.1, 0.15) is 24.9 Å². The van der Waals surface area contributed by atoms with Crippen molar-refractivity contribution < 1.29 is 9.59 Å². The molecule has 3 aromatic rings. The van der Waals surface area contributed by atoms with Gasteiger partial charge >= 0.3 is 0 Å². The molecule has 28 heavy (non-hydrogen) atoms. The molecule has 1 N–H and O–H groups in total. The Hall–Kier alpha value is -3.42. The van der Waals surface area contributed by atoms with E-state index in [9.17, 15) is 9.59 Å². The number of nitrogens with zero attached hydrogens (tertiary/aromatic N) is 5. The Morgan fingerprint density at radius 1 is 1.25 bits per heavy atom. The summed E-state index contributed by atoms with van der Waals surface area (Å²) < 4.78 is 1.54. The number of amides is 2. The summed E-state index contributed by atoms with van der Waals surface area (Å²) in [4.78, 5) is 35.2. The SMILES string of the molecule is CN(C)C(=O)c1cc2ccc(C3=CCCN(C(=O)Cn4cncn4)C3)cc2[nH]1. The summed E-state index contributed by atoms with van der Waals surface area (Å²) in [5.41, 5.74) is 3.64. The molecule has 1 aliphatic rings. The Balaban J connectivity index is 1.53. The number of hydrogen-bond acceptors (Lipinski definition) is 4. The standard InChI is InChI=1S/C20H22N6O2/c1-24(2)20(28)18-9-15-6-5-14(8-17(15)23-18)16-4-3-7-25(10-16)19(27)11-26-13-21-12-22-26/h4-6,8-9,12-13,23H,3,7,10-11H2,1-2H3. The van der Waals surface area contributed by atoms with Gasteiger partial charge in [-0.25, -0.2) is 9.67 Å². The third-order valence-electron chi connectivity index (χ3n) is 4.90. The zero-order valence-electron chi connectivity index (χ0n) is 15.9. The van der Waals surface area contributed by atoms with Gasteiger partial charge in [-0.05, 0) is 29.7 Å². The van der Waals surface area contributed by atoms with Crippen molar-refractivity contribution in [1.29, 1.82) is 0 Å². The lowest BCUT2D eigenvalue weighted by molar-refractivity contribution is -0.131. The number of fused-ring (bicyclic) bond motifs is 1. The molecule has 0 spiro atoms. The molecule has 2 aromatic heterocycles. The van der Waals surface area contributed by atoms with Crippen molar-refractivity contribution in [2.24, 2.45) is 0 Å². The van der Waals surface area contributed by atoms with E-state index < -0.39 is 0 Å². The van der Waals surface area contributed by atoms with Crippen LogP contribution in [0.4, 0.5) is 0 Å². The fourth-order valence-corrected chi connectivity index (χ4v) is 3.40. The van der Waals surface area contributed by atoms with Crippen LogP contribution in [-0.4, -0.2) is 68.5 Å². The van der Waals surface area contributed by atoms with Gasteiger partial charge in [-0.3, -0.25) is 9.59 Å². The molecule has 1 aromatic carbocycles. The van der Waals surface area contributed by atoms with Crippen LogP contribution in [0.15, 0.2) is 43.0 Å². The Labute approximate surface area is 162 Å². The van der Waals surface area contributed by atoms with Crippen LogP contribution in [-0.2, 0) is 11.3 Å². The van der Waals surface area contributed by atoms with Gasteiger partial charge < -0.3 is 14.8 Å². The molecule has 0 fully saturated rings. The van der Waals surface area contributed by atoms with Crippen molar-refractivity contribution in [2.45, 2.75) is 13.0 Å². The number of carbonyl (C=O) groups excluding carboxylic acids is 2. The van der Waals surface area contributed by atoms with E-state index in [2.05, 4.69) is 21.1 Å². The van der Waals surface area contributed by atoms with Crippen LogP contribution in [0.3, 0.4) is 0 Å². The van der Waals surface area contributed by atoms with Crippen LogP contribution < -0.4 is 0 Å². The normalized spacial score (nSPS) is 14.2. The highest BCUT2D eigenvalue weighted by atomic mass is 16.2. The van der Waals surface area contributed by atoms with Gasteiger partial charge in [0.05, 0.1) is 0 Å². The van der Waals surface area contributed by atoms with Gasteiger partial charge in [-0.15, -0.1) is 0 Å². The summed E-state index contributed by atoms with van der Waals surface area (Å²) >= 11 is 0. The van der Waals surface area contributed by atoms with E-state index in [4.69, 9.17) is 0 Å². The zero-order chi connectivity index (χ0) is 19.7. The fraction of sp³-hybridized carbons (Fsp3) is 0.300. The molecule has 0 radical (unpaired) electrons. The lowest BCUT2D eigenvalue weighted by atomic mass is 10.00. The quantitative estimate of drug-likeness (QED) is 0.750. The molecular weight excluding hydrogens is 356 g/mol. The number of benzene rings is 1. The maximum Gasteiger partial charge on any atom is 0.269 e. The van der Waals surface area contributed by atoms with E-state index in [1.807, 2.05) is 29.2 Å². The van der Waals surface area contributed by atoms with Crippen LogP contribution in [0.25, 0.3) is 16.5 Å². The van der Waals surface area contributed by atoms with E-state index >= 15 is 0 Å². The van der Waals surface area contributed by atoms with Crippen molar-refractivity contribution in [1.82, 2.24) is 29.5 Å². The number of rotatable bonds is 4. The zero-order valence-corrected chi connectivity index (χ0v) is 15.9. The highest BCUT2D eigenvalue weighted by Crippen LogP contribution is 2.25. The highest BCUT2D eigenvalue weighted by molar-refractivity contribution is 5.98. The van der Waals surface area contributed by atoms with Gasteiger partial charge in [0.25, 0.3) is 5.91 Å².